The lowest BCUT2D eigenvalue weighted by Gasteiger charge is -2.42. The van der Waals surface area contributed by atoms with Crippen molar-refractivity contribution >= 4 is 88.8 Å². The summed E-state index contributed by atoms with van der Waals surface area (Å²) in [6.45, 7) is 18.9. The minimum absolute atomic E-state index is 0.115. The van der Waals surface area contributed by atoms with Gasteiger partial charge in [-0.25, -0.2) is 0 Å². The van der Waals surface area contributed by atoms with Gasteiger partial charge in [0.2, 0.25) is 0 Å². The van der Waals surface area contributed by atoms with Crippen molar-refractivity contribution in [3.63, 3.8) is 0 Å². The van der Waals surface area contributed by atoms with Gasteiger partial charge in [0.05, 0.1) is 22.7 Å². The van der Waals surface area contributed by atoms with Crippen molar-refractivity contribution in [1.82, 2.24) is 0 Å². The van der Waals surface area contributed by atoms with Crippen molar-refractivity contribution in [2.75, 3.05) is 9.80 Å². The number of fused-ring (bicyclic) bond motifs is 19. The van der Waals surface area contributed by atoms with Crippen LogP contribution in [-0.4, -0.2) is 0 Å². The van der Waals surface area contributed by atoms with E-state index in [2.05, 4.69) is 247 Å². The molecule has 0 N–H and O–H groups in total. The first-order valence-corrected chi connectivity index (χ1v) is 26.3. The molecule has 0 saturated carbocycles. The Balaban J connectivity index is 0.852. The lowest BCUT2D eigenvalue weighted by atomic mass is 9.73. The van der Waals surface area contributed by atoms with Gasteiger partial charge in [-0.2, -0.15) is 0 Å². The average Bonchev–Trinajstić information content (AvgIpc) is 4.09. The molecule has 0 bridgehead atoms. The standard InChI is InChI=1S/C70H54N2O2/c1-67(2)51-19-11-9-17-43(51)45-27-25-41(37-55(45)67)71-57-23-15-13-21-53(57)69(5,6)63-59(71)31-29-47-49-33-39-36-62-50(34-40(39)35-61(49)73-65(47)63)48-30-32-60-64(66(48)74-62)70(7,8)54-22-14-16-24-58(54)72(60)42-26-28-46-44-18-10-12-20-52(44)68(3,4)56(46)38-42/h9-38H,1-8H3. The summed E-state index contributed by atoms with van der Waals surface area (Å²) in [5.74, 6) is 0. The number of anilines is 6. The van der Waals surface area contributed by atoms with Crippen LogP contribution in [0.25, 0.3) is 76.9 Å². The van der Waals surface area contributed by atoms with E-state index in [9.17, 15) is 0 Å². The maximum atomic E-state index is 7.22. The Kier molecular flexibility index (Phi) is 7.88. The third-order valence-corrected chi connectivity index (χ3v) is 18.3. The Hall–Kier alpha value is -8.34. The summed E-state index contributed by atoms with van der Waals surface area (Å²) in [5, 5.41) is 6.71. The number of rotatable bonds is 2. The van der Waals surface area contributed by atoms with Crippen molar-refractivity contribution < 1.29 is 8.83 Å². The quantitative estimate of drug-likeness (QED) is 0.173. The second-order valence-corrected chi connectivity index (χ2v) is 23.7. The fourth-order valence-corrected chi connectivity index (χ4v) is 14.6. The van der Waals surface area contributed by atoms with Crippen LogP contribution in [0.4, 0.5) is 34.1 Å². The number of para-hydroxylation sites is 2. The summed E-state index contributed by atoms with van der Waals surface area (Å²) in [4.78, 5) is 4.95. The first kappa shape index (κ1) is 42.2. The van der Waals surface area contributed by atoms with Crippen LogP contribution in [0, 0.1) is 0 Å². The van der Waals surface area contributed by atoms with Crippen LogP contribution >= 0.6 is 0 Å². The van der Waals surface area contributed by atoms with E-state index in [1.807, 2.05) is 0 Å². The molecule has 356 valence electrons. The number of furan rings is 2. The molecular weight excluding hydrogens is 901 g/mol. The predicted octanol–water partition coefficient (Wildman–Crippen LogP) is 19.5. The summed E-state index contributed by atoms with van der Waals surface area (Å²) >= 11 is 0. The zero-order valence-electron chi connectivity index (χ0n) is 43.0. The molecule has 0 atom stereocenters. The van der Waals surface area contributed by atoms with Gasteiger partial charge in [0, 0.05) is 65.7 Å². The second kappa shape index (κ2) is 13.8. The molecule has 12 aromatic rings. The van der Waals surface area contributed by atoms with Gasteiger partial charge in [0.25, 0.3) is 0 Å². The van der Waals surface area contributed by atoms with Gasteiger partial charge in [-0.3, -0.25) is 0 Å². The lowest BCUT2D eigenvalue weighted by Crippen LogP contribution is -2.31. The summed E-state index contributed by atoms with van der Waals surface area (Å²) in [6.07, 6.45) is 0. The minimum Gasteiger partial charge on any atom is -0.456 e. The third kappa shape index (κ3) is 5.18. The molecule has 74 heavy (non-hydrogen) atoms. The summed E-state index contributed by atoms with van der Waals surface area (Å²) in [7, 11) is 0. The molecule has 2 aliphatic carbocycles. The topological polar surface area (TPSA) is 32.8 Å². The second-order valence-electron chi connectivity index (χ2n) is 23.7. The number of hydrogen-bond acceptors (Lipinski definition) is 4. The van der Waals surface area contributed by atoms with E-state index in [4.69, 9.17) is 8.83 Å². The van der Waals surface area contributed by atoms with Crippen LogP contribution in [0.3, 0.4) is 0 Å². The fourth-order valence-electron chi connectivity index (χ4n) is 14.6. The summed E-state index contributed by atoms with van der Waals surface area (Å²) < 4.78 is 14.4. The molecule has 0 amide bonds. The van der Waals surface area contributed by atoms with E-state index in [1.165, 1.54) is 78.1 Å². The van der Waals surface area contributed by atoms with Gasteiger partial charge in [0.1, 0.15) is 22.3 Å². The Bertz CT molecular complexity index is 4230. The molecule has 16 rings (SSSR count). The third-order valence-electron chi connectivity index (χ3n) is 18.3. The molecule has 4 nitrogen and oxygen atoms in total. The first-order valence-electron chi connectivity index (χ1n) is 26.3. The highest BCUT2D eigenvalue weighted by Gasteiger charge is 2.44. The summed E-state index contributed by atoms with van der Waals surface area (Å²) in [5.41, 5.74) is 25.5. The molecule has 0 radical (unpaired) electrons. The predicted molar refractivity (Wildman–Crippen MR) is 307 cm³/mol. The Labute approximate surface area is 431 Å². The van der Waals surface area contributed by atoms with Gasteiger partial charge >= 0.3 is 0 Å². The van der Waals surface area contributed by atoms with E-state index in [-0.39, 0.29) is 21.7 Å². The van der Waals surface area contributed by atoms with Crippen LogP contribution in [0.2, 0.25) is 0 Å². The molecule has 2 aromatic heterocycles. The molecule has 10 aromatic carbocycles. The van der Waals surface area contributed by atoms with E-state index >= 15 is 0 Å². The molecule has 4 aliphatic rings. The monoisotopic (exact) mass is 954 g/mol. The Morgan fingerprint density at radius 3 is 1.11 bits per heavy atom. The molecule has 0 unspecified atom stereocenters. The number of nitrogens with zero attached hydrogens (tertiary/aromatic N) is 2. The molecule has 2 aliphatic heterocycles. The fraction of sp³-hybridized carbons (Fsp3) is 0.171. The van der Waals surface area contributed by atoms with Crippen LogP contribution in [0.1, 0.15) is 99.9 Å². The molecule has 0 saturated heterocycles. The molecule has 4 heterocycles. The SMILES string of the molecule is CC1(C)c2ccccc2-c2ccc(N3c4ccccc4C(C)(C)c4c3ccc3c4oc4cc5cc6c(cc5cc43)oc3c4c(ccc36)N(c3ccc5c(c3)C(C)(C)c3ccccc3-5)c3ccccc3C4(C)C)cc21. The normalized spacial score (nSPS) is 16.8. The van der Waals surface area contributed by atoms with Gasteiger partial charge in [0.15, 0.2) is 0 Å². The molecular formula is C70H54N2O2. The Morgan fingerprint density at radius 2 is 0.676 bits per heavy atom. The van der Waals surface area contributed by atoms with Gasteiger partial charge in [-0.15, -0.1) is 0 Å². The van der Waals surface area contributed by atoms with Crippen LogP contribution in [-0.2, 0) is 21.7 Å². The van der Waals surface area contributed by atoms with Gasteiger partial charge < -0.3 is 18.6 Å². The average molecular weight is 955 g/mol. The Morgan fingerprint density at radius 1 is 0.297 bits per heavy atom. The first-order chi connectivity index (χ1) is 35.7. The zero-order valence-corrected chi connectivity index (χ0v) is 43.0. The molecule has 4 heteroatoms. The van der Waals surface area contributed by atoms with Gasteiger partial charge in [-0.05, 0) is 151 Å². The molecule has 0 fully saturated rings. The highest BCUT2D eigenvalue weighted by Crippen LogP contribution is 2.59. The summed E-state index contributed by atoms with van der Waals surface area (Å²) in [6, 6.07) is 68.2. The van der Waals surface area contributed by atoms with Crippen molar-refractivity contribution in [1.29, 1.82) is 0 Å². The van der Waals surface area contributed by atoms with Crippen molar-refractivity contribution in [2.45, 2.75) is 77.0 Å². The van der Waals surface area contributed by atoms with Crippen LogP contribution in [0.15, 0.2) is 191 Å². The van der Waals surface area contributed by atoms with E-state index in [0.717, 1.165) is 77.4 Å². The van der Waals surface area contributed by atoms with Crippen LogP contribution in [0.5, 0.6) is 0 Å². The van der Waals surface area contributed by atoms with E-state index in [0.29, 0.717) is 0 Å². The van der Waals surface area contributed by atoms with Crippen LogP contribution < -0.4 is 9.80 Å². The highest BCUT2D eigenvalue weighted by atomic mass is 16.3. The number of hydrogen-bond donors (Lipinski definition) is 0. The maximum absolute atomic E-state index is 7.22. The maximum Gasteiger partial charge on any atom is 0.141 e. The van der Waals surface area contributed by atoms with E-state index in [1.54, 1.807) is 0 Å². The number of benzene rings is 10. The van der Waals surface area contributed by atoms with Crippen molar-refractivity contribution in [3.8, 4) is 22.3 Å². The minimum atomic E-state index is -0.341. The van der Waals surface area contributed by atoms with Crippen molar-refractivity contribution in [2.24, 2.45) is 0 Å². The molecule has 0 spiro atoms. The zero-order chi connectivity index (χ0) is 49.9. The smallest absolute Gasteiger partial charge is 0.141 e. The van der Waals surface area contributed by atoms with Gasteiger partial charge in [-0.1, -0.05) is 152 Å². The van der Waals surface area contributed by atoms with Crippen molar-refractivity contribution in [3.05, 3.63) is 226 Å². The largest absolute Gasteiger partial charge is 0.456 e. The van der Waals surface area contributed by atoms with E-state index < -0.39 is 0 Å². The lowest BCUT2D eigenvalue weighted by molar-refractivity contribution is 0.601. The highest BCUT2D eigenvalue weighted by molar-refractivity contribution is 6.17.